The average molecular weight is 475 g/mol. The fraction of sp³-hybridized carbons (Fsp3) is 0.0625. The van der Waals surface area contributed by atoms with Crippen LogP contribution in [-0.2, 0) is 5.75 Å². The third kappa shape index (κ3) is 5.18. The van der Waals surface area contributed by atoms with Crippen molar-refractivity contribution < 1.29 is 4.79 Å². The van der Waals surface area contributed by atoms with Crippen LogP contribution < -0.4 is 5.32 Å². The van der Waals surface area contributed by atoms with Gasteiger partial charge in [-0.25, -0.2) is 0 Å². The number of amides is 1. The standard InChI is InChI=1S/C16H10BrCl2N3OS2/c17-10-4-5-13(19)12(7-10)14(23)20-15-21-22-16(25-15)24-8-9-2-1-3-11(18)6-9/h1-7H,8H2,(H,20,21,23). The number of halogens is 3. The van der Waals surface area contributed by atoms with Crippen LogP contribution in [0.15, 0.2) is 51.3 Å². The molecule has 0 atom stereocenters. The lowest BCUT2D eigenvalue weighted by molar-refractivity contribution is 0.102. The van der Waals surface area contributed by atoms with Crippen LogP contribution in [0.1, 0.15) is 15.9 Å². The molecule has 1 aromatic heterocycles. The predicted octanol–water partition coefficient (Wildman–Crippen LogP) is 6.15. The number of nitrogens with zero attached hydrogens (tertiary/aromatic N) is 2. The number of hydrogen-bond acceptors (Lipinski definition) is 5. The summed E-state index contributed by atoms with van der Waals surface area (Å²) < 4.78 is 1.53. The van der Waals surface area contributed by atoms with E-state index in [4.69, 9.17) is 23.2 Å². The first-order valence-electron chi connectivity index (χ1n) is 6.98. The van der Waals surface area contributed by atoms with Gasteiger partial charge < -0.3 is 0 Å². The molecule has 1 heterocycles. The number of anilines is 1. The molecule has 0 bridgehead atoms. The molecule has 0 saturated carbocycles. The van der Waals surface area contributed by atoms with Gasteiger partial charge in [0.2, 0.25) is 5.13 Å². The lowest BCUT2D eigenvalue weighted by atomic mass is 10.2. The maximum atomic E-state index is 12.3. The summed E-state index contributed by atoms with van der Waals surface area (Å²) in [5.41, 5.74) is 1.47. The van der Waals surface area contributed by atoms with Crippen LogP contribution >= 0.6 is 62.2 Å². The Labute approximate surface area is 171 Å². The molecular formula is C16H10BrCl2N3OS2. The van der Waals surface area contributed by atoms with Crippen LogP contribution in [0.3, 0.4) is 0 Å². The summed E-state index contributed by atoms with van der Waals surface area (Å²) in [5.74, 6) is 0.398. The third-order valence-electron chi connectivity index (χ3n) is 3.05. The molecule has 3 rings (SSSR count). The van der Waals surface area contributed by atoms with Gasteiger partial charge in [0.05, 0.1) is 10.6 Å². The molecule has 0 aliphatic rings. The van der Waals surface area contributed by atoms with E-state index in [1.807, 2.05) is 24.3 Å². The van der Waals surface area contributed by atoms with Crippen LogP contribution in [0.5, 0.6) is 0 Å². The van der Waals surface area contributed by atoms with E-state index in [1.165, 1.54) is 23.1 Å². The highest BCUT2D eigenvalue weighted by Crippen LogP contribution is 2.29. The molecule has 0 aliphatic heterocycles. The van der Waals surface area contributed by atoms with Crippen molar-refractivity contribution in [3.8, 4) is 0 Å². The molecular weight excluding hydrogens is 465 g/mol. The predicted molar refractivity (Wildman–Crippen MR) is 108 cm³/mol. The summed E-state index contributed by atoms with van der Waals surface area (Å²) in [6.07, 6.45) is 0. The highest BCUT2D eigenvalue weighted by molar-refractivity contribution is 9.10. The Balaban J connectivity index is 1.63. The summed E-state index contributed by atoms with van der Waals surface area (Å²) in [6, 6.07) is 12.7. The lowest BCUT2D eigenvalue weighted by Gasteiger charge is -2.04. The van der Waals surface area contributed by atoms with Gasteiger partial charge in [-0.05, 0) is 35.9 Å². The van der Waals surface area contributed by atoms with E-state index in [-0.39, 0.29) is 5.91 Å². The van der Waals surface area contributed by atoms with Crippen LogP contribution in [-0.4, -0.2) is 16.1 Å². The number of aromatic nitrogens is 2. The Hall–Kier alpha value is -1.12. The number of carbonyl (C=O) groups is 1. The number of nitrogens with one attached hydrogen (secondary N) is 1. The Morgan fingerprint density at radius 3 is 2.84 bits per heavy atom. The second-order valence-electron chi connectivity index (χ2n) is 4.87. The van der Waals surface area contributed by atoms with E-state index in [1.54, 1.807) is 18.2 Å². The van der Waals surface area contributed by atoms with Crippen molar-refractivity contribution in [3.63, 3.8) is 0 Å². The van der Waals surface area contributed by atoms with Crippen molar-refractivity contribution in [1.82, 2.24) is 10.2 Å². The number of hydrogen-bond donors (Lipinski definition) is 1. The zero-order chi connectivity index (χ0) is 17.8. The Bertz CT molecular complexity index is 920. The second kappa shape index (κ2) is 8.51. The number of benzene rings is 2. The molecule has 0 saturated heterocycles. The SMILES string of the molecule is O=C(Nc1nnc(SCc2cccc(Cl)c2)s1)c1cc(Br)ccc1Cl. The maximum absolute atomic E-state index is 12.3. The largest absolute Gasteiger partial charge is 0.296 e. The minimum Gasteiger partial charge on any atom is -0.296 e. The van der Waals surface area contributed by atoms with Crippen molar-refractivity contribution in [2.24, 2.45) is 0 Å². The van der Waals surface area contributed by atoms with Crippen LogP contribution in [0.4, 0.5) is 5.13 Å². The Morgan fingerprint density at radius 1 is 1.20 bits per heavy atom. The third-order valence-corrected chi connectivity index (χ3v) is 6.15. The van der Waals surface area contributed by atoms with Gasteiger partial charge in [0.1, 0.15) is 0 Å². The molecule has 9 heteroatoms. The fourth-order valence-corrected chi connectivity index (χ4v) is 4.39. The first-order chi connectivity index (χ1) is 12.0. The zero-order valence-corrected chi connectivity index (χ0v) is 17.2. The summed E-state index contributed by atoms with van der Waals surface area (Å²) in [6.45, 7) is 0. The average Bonchev–Trinajstić information content (AvgIpc) is 3.02. The van der Waals surface area contributed by atoms with Gasteiger partial charge in [-0.1, -0.05) is 74.4 Å². The Morgan fingerprint density at radius 2 is 2.04 bits per heavy atom. The molecule has 2 aromatic carbocycles. The number of carbonyl (C=O) groups excluding carboxylic acids is 1. The quantitative estimate of drug-likeness (QED) is 0.355. The first-order valence-corrected chi connectivity index (χ1v) is 10.3. The minimum atomic E-state index is -0.325. The van der Waals surface area contributed by atoms with Crippen molar-refractivity contribution in [2.75, 3.05) is 5.32 Å². The molecule has 0 radical (unpaired) electrons. The van der Waals surface area contributed by atoms with Crippen LogP contribution in [0.25, 0.3) is 0 Å². The van der Waals surface area contributed by atoms with Gasteiger partial charge in [-0.2, -0.15) is 0 Å². The highest BCUT2D eigenvalue weighted by atomic mass is 79.9. The molecule has 4 nitrogen and oxygen atoms in total. The summed E-state index contributed by atoms with van der Waals surface area (Å²) >= 11 is 18.2. The van der Waals surface area contributed by atoms with E-state index in [9.17, 15) is 4.79 Å². The van der Waals surface area contributed by atoms with Gasteiger partial charge in [0.25, 0.3) is 5.91 Å². The van der Waals surface area contributed by atoms with Crippen LogP contribution in [0, 0.1) is 0 Å². The van der Waals surface area contributed by atoms with E-state index >= 15 is 0 Å². The maximum Gasteiger partial charge on any atom is 0.259 e. The van der Waals surface area contributed by atoms with Crippen molar-refractivity contribution >= 4 is 73.3 Å². The number of thioether (sulfide) groups is 1. The molecule has 128 valence electrons. The molecule has 1 N–H and O–H groups in total. The smallest absolute Gasteiger partial charge is 0.259 e. The highest BCUT2D eigenvalue weighted by Gasteiger charge is 2.14. The molecule has 0 fully saturated rings. The normalized spacial score (nSPS) is 10.7. The Kier molecular flexibility index (Phi) is 6.35. The molecule has 0 unspecified atom stereocenters. The monoisotopic (exact) mass is 473 g/mol. The van der Waals surface area contributed by atoms with Crippen molar-refractivity contribution in [3.05, 3.63) is 68.1 Å². The minimum absolute atomic E-state index is 0.325. The second-order valence-corrected chi connectivity index (χ2v) is 8.83. The summed E-state index contributed by atoms with van der Waals surface area (Å²) in [7, 11) is 0. The topological polar surface area (TPSA) is 54.9 Å². The van der Waals surface area contributed by atoms with Crippen molar-refractivity contribution in [2.45, 2.75) is 10.1 Å². The van der Waals surface area contributed by atoms with E-state index in [0.717, 1.165) is 20.1 Å². The fourth-order valence-electron chi connectivity index (χ4n) is 1.93. The lowest BCUT2D eigenvalue weighted by Crippen LogP contribution is -2.12. The van der Waals surface area contributed by atoms with Crippen molar-refractivity contribution in [1.29, 1.82) is 0 Å². The van der Waals surface area contributed by atoms with Gasteiger partial charge in [0.15, 0.2) is 4.34 Å². The van der Waals surface area contributed by atoms with Crippen LogP contribution in [0.2, 0.25) is 10.0 Å². The number of rotatable bonds is 5. The van der Waals surface area contributed by atoms with Gasteiger partial charge in [0, 0.05) is 15.2 Å². The van der Waals surface area contributed by atoms with E-state index in [2.05, 4.69) is 31.4 Å². The zero-order valence-electron chi connectivity index (χ0n) is 12.5. The molecule has 1 amide bonds. The molecule has 0 aliphatic carbocycles. The molecule has 25 heavy (non-hydrogen) atoms. The van der Waals surface area contributed by atoms with Gasteiger partial charge >= 0.3 is 0 Å². The summed E-state index contributed by atoms with van der Waals surface area (Å²) in [5, 5.41) is 12.3. The van der Waals surface area contributed by atoms with E-state index < -0.39 is 0 Å². The first kappa shape index (κ1) is 18.7. The molecule has 3 aromatic rings. The van der Waals surface area contributed by atoms with Gasteiger partial charge in [-0.3, -0.25) is 10.1 Å². The molecule has 0 spiro atoms. The van der Waals surface area contributed by atoms with E-state index in [0.29, 0.717) is 20.7 Å². The van der Waals surface area contributed by atoms with Gasteiger partial charge in [-0.15, -0.1) is 10.2 Å². The summed E-state index contributed by atoms with van der Waals surface area (Å²) in [4.78, 5) is 12.3.